The highest BCUT2D eigenvalue weighted by Gasteiger charge is 1.95. The highest BCUT2D eigenvalue weighted by molar-refractivity contribution is 5.82. The molecule has 232 valence electrons. The van der Waals surface area contributed by atoms with Crippen LogP contribution in [0.25, 0.3) is 0 Å². The average molecular weight is 589 g/mol. The van der Waals surface area contributed by atoms with E-state index in [4.69, 9.17) is 0 Å². The summed E-state index contributed by atoms with van der Waals surface area (Å²) in [5, 5.41) is 39.0. The molecule has 0 unspecified atom stereocenters. The number of carbonyl (C=O) groups excluding carboxylic acids is 8. The van der Waals surface area contributed by atoms with E-state index >= 15 is 0 Å². The van der Waals surface area contributed by atoms with Gasteiger partial charge in [-0.25, -0.2) is 19.2 Å². The van der Waals surface area contributed by atoms with Crippen LogP contribution in [-0.2, 0) is 57.3 Å². The van der Waals surface area contributed by atoms with Gasteiger partial charge in [0.1, 0.15) is 0 Å². The minimum Gasteiger partial charge on any atom is -0.550 e. The van der Waals surface area contributed by atoms with Crippen molar-refractivity contribution in [3.63, 3.8) is 0 Å². The van der Waals surface area contributed by atoms with Crippen molar-refractivity contribution in [3.05, 3.63) is 50.6 Å². The van der Waals surface area contributed by atoms with Crippen molar-refractivity contribution in [1.29, 1.82) is 0 Å². The van der Waals surface area contributed by atoms with Gasteiger partial charge in [0.15, 0.2) is 0 Å². The summed E-state index contributed by atoms with van der Waals surface area (Å²) in [5.74, 6) is -7.45. The molecule has 0 atom stereocenters. The molecule has 0 aromatic carbocycles. The molecule has 0 rings (SSSR count). The molecular formula is C25H32O16-4. The molecule has 16 heteroatoms. The molecule has 0 N–H and O–H groups in total. The van der Waals surface area contributed by atoms with Crippen molar-refractivity contribution in [2.75, 3.05) is 26.4 Å². The predicted octanol–water partition coefficient (Wildman–Crippen LogP) is -3.94. The lowest BCUT2D eigenvalue weighted by Gasteiger charge is -2.01. The lowest BCUT2D eigenvalue weighted by atomic mass is 10.5. The zero-order chi connectivity index (χ0) is 31.9. The lowest BCUT2D eigenvalue weighted by molar-refractivity contribution is -0.307. The summed E-state index contributed by atoms with van der Waals surface area (Å²) in [5.41, 5.74) is 0. The van der Waals surface area contributed by atoms with Crippen LogP contribution in [0.5, 0.6) is 0 Å². The van der Waals surface area contributed by atoms with E-state index in [1.54, 1.807) is 0 Å². The van der Waals surface area contributed by atoms with Gasteiger partial charge >= 0.3 is 23.9 Å². The van der Waals surface area contributed by atoms with Crippen molar-refractivity contribution in [3.8, 4) is 0 Å². The van der Waals surface area contributed by atoms with Gasteiger partial charge in [-0.05, 0) is 0 Å². The summed E-state index contributed by atoms with van der Waals surface area (Å²) in [7, 11) is 0. The molecule has 0 aliphatic carbocycles. The molecule has 0 aliphatic rings. The third kappa shape index (κ3) is 52.1. The highest BCUT2D eigenvalue weighted by Crippen LogP contribution is 1.84. The summed E-state index contributed by atoms with van der Waals surface area (Å²) in [6.45, 7) is 11.8. The zero-order valence-corrected chi connectivity index (χ0v) is 21.3. The van der Waals surface area contributed by atoms with E-state index in [9.17, 15) is 58.8 Å². The molecular weight excluding hydrogens is 556 g/mol. The number of esters is 4. The van der Waals surface area contributed by atoms with Crippen LogP contribution in [0.15, 0.2) is 50.6 Å². The van der Waals surface area contributed by atoms with E-state index in [1.807, 2.05) is 0 Å². The van der Waals surface area contributed by atoms with Crippen LogP contribution in [0.2, 0.25) is 0 Å². The first kappa shape index (κ1) is 45.6. The summed E-state index contributed by atoms with van der Waals surface area (Å²) >= 11 is 0. The van der Waals surface area contributed by atoms with E-state index in [0.29, 0.717) is 0 Å². The predicted molar refractivity (Wildman–Crippen MR) is 130 cm³/mol. The molecule has 0 spiro atoms. The first-order chi connectivity index (χ1) is 18.7. The van der Waals surface area contributed by atoms with E-state index in [-0.39, 0.29) is 59.5 Å². The Kier molecular flexibility index (Phi) is 36.4. The monoisotopic (exact) mass is 588 g/mol. The van der Waals surface area contributed by atoms with Gasteiger partial charge in [0, 0.05) is 73.9 Å². The maximum atomic E-state index is 10.2. The van der Waals surface area contributed by atoms with E-state index < -0.39 is 47.8 Å². The Morgan fingerprint density at radius 3 is 0.659 bits per heavy atom. The molecule has 16 nitrogen and oxygen atoms in total. The second-order valence-electron chi connectivity index (χ2n) is 5.97. The number of hydrogen-bond donors (Lipinski definition) is 0. The van der Waals surface area contributed by atoms with Gasteiger partial charge in [-0.15, -0.1) is 0 Å². The molecule has 0 aromatic heterocycles. The standard InChI is InChI=1S/4C6H8O4.CH4/c4*1-2-6(9)10-4-3-5(7)8;/h4*2H,1,3-4H2,(H,7,8);1H4/p-4. The van der Waals surface area contributed by atoms with Gasteiger partial charge in [0.05, 0.1) is 26.4 Å². The third-order valence-electron chi connectivity index (χ3n) is 2.87. The van der Waals surface area contributed by atoms with Gasteiger partial charge < -0.3 is 58.6 Å². The number of rotatable bonds is 16. The molecule has 0 aliphatic heterocycles. The van der Waals surface area contributed by atoms with Crippen LogP contribution in [0.3, 0.4) is 0 Å². The Bertz CT molecular complexity index is 744. The van der Waals surface area contributed by atoms with Crippen molar-refractivity contribution >= 4 is 47.8 Å². The minimum absolute atomic E-state index is 0. The van der Waals surface area contributed by atoms with Crippen LogP contribution in [0, 0.1) is 0 Å². The van der Waals surface area contributed by atoms with Crippen molar-refractivity contribution < 1.29 is 77.7 Å². The van der Waals surface area contributed by atoms with Crippen molar-refractivity contribution in [1.82, 2.24) is 0 Å². The minimum atomic E-state index is -1.24. The topological polar surface area (TPSA) is 266 Å². The molecule has 0 heterocycles. The Labute approximate surface area is 236 Å². The summed E-state index contributed by atoms with van der Waals surface area (Å²) < 4.78 is 17.3. The van der Waals surface area contributed by atoms with Crippen LogP contribution < -0.4 is 20.4 Å². The van der Waals surface area contributed by atoms with Crippen molar-refractivity contribution in [2.45, 2.75) is 33.1 Å². The molecule has 0 fully saturated rings. The number of ether oxygens (including phenoxy) is 4. The number of carbonyl (C=O) groups is 8. The normalized spacial score (nSPS) is 8.20. The quantitative estimate of drug-likeness (QED) is 0.0945. The van der Waals surface area contributed by atoms with Gasteiger partial charge in [0.25, 0.3) is 0 Å². The highest BCUT2D eigenvalue weighted by atomic mass is 16.5. The molecule has 0 bridgehead atoms. The first-order valence-electron chi connectivity index (χ1n) is 10.6. The van der Waals surface area contributed by atoms with Crippen LogP contribution in [0.1, 0.15) is 33.1 Å². The molecule has 0 radical (unpaired) electrons. The molecule has 0 saturated heterocycles. The number of aliphatic carboxylic acids is 4. The fourth-order valence-electron chi connectivity index (χ4n) is 1.18. The Morgan fingerprint density at radius 2 is 0.561 bits per heavy atom. The van der Waals surface area contributed by atoms with Gasteiger partial charge in [-0.1, -0.05) is 33.7 Å². The maximum absolute atomic E-state index is 10.2. The number of carboxylic acids is 4. The van der Waals surface area contributed by atoms with Crippen LogP contribution >= 0.6 is 0 Å². The summed E-state index contributed by atoms with van der Waals surface area (Å²) in [6, 6.07) is 0. The van der Waals surface area contributed by atoms with E-state index in [1.165, 1.54) is 0 Å². The lowest BCUT2D eigenvalue weighted by Crippen LogP contribution is -2.24. The smallest absolute Gasteiger partial charge is 0.330 e. The fourth-order valence-corrected chi connectivity index (χ4v) is 1.18. The summed E-state index contributed by atoms with van der Waals surface area (Å²) in [4.78, 5) is 79.9. The zero-order valence-electron chi connectivity index (χ0n) is 21.3. The van der Waals surface area contributed by atoms with E-state index in [2.05, 4.69) is 45.3 Å². The first-order valence-corrected chi connectivity index (χ1v) is 10.6. The Morgan fingerprint density at radius 1 is 0.415 bits per heavy atom. The number of carboxylic acid groups (broad SMARTS) is 4. The Hall–Kier alpha value is -5.28. The third-order valence-corrected chi connectivity index (χ3v) is 2.87. The molecule has 41 heavy (non-hydrogen) atoms. The summed E-state index contributed by atoms with van der Waals surface area (Å²) in [6.07, 6.45) is 2.76. The van der Waals surface area contributed by atoms with Gasteiger partial charge in [-0.2, -0.15) is 0 Å². The fraction of sp³-hybridized carbons (Fsp3) is 0.360. The SMILES string of the molecule is C.C=CC(=O)OCCC(=O)[O-].C=CC(=O)OCCC(=O)[O-].C=CC(=O)OCCC(=O)[O-].C=CC(=O)OCCC(=O)[O-]. The van der Waals surface area contributed by atoms with Crippen LogP contribution in [0.4, 0.5) is 0 Å². The maximum Gasteiger partial charge on any atom is 0.330 e. The largest absolute Gasteiger partial charge is 0.550 e. The second kappa shape index (κ2) is 32.7. The molecule has 0 saturated carbocycles. The average Bonchev–Trinajstić information content (AvgIpc) is 2.88. The molecule has 0 aromatic rings. The second-order valence-corrected chi connectivity index (χ2v) is 5.97. The van der Waals surface area contributed by atoms with Crippen molar-refractivity contribution in [2.24, 2.45) is 0 Å². The van der Waals surface area contributed by atoms with E-state index in [0.717, 1.165) is 24.3 Å². The molecule has 0 amide bonds. The van der Waals surface area contributed by atoms with Gasteiger partial charge in [0.2, 0.25) is 0 Å². The number of hydrogen-bond acceptors (Lipinski definition) is 16. The van der Waals surface area contributed by atoms with Gasteiger partial charge in [-0.3, -0.25) is 0 Å². The Balaban J connectivity index is -0.000000139. The van der Waals surface area contributed by atoms with Crippen LogP contribution in [-0.4, -0.2) is 74.2 Å².